The first-order valence-corrected chi connectivity index (χ1v) is 8.48. The van der Waals surface area contributed by atoms with Gasteiger partial charge in [0.1, 0.15) is 5.41 Å². The molecule has 26 heavy (non-hydrogen) atoms. The first-order chi connectivity index (χ1) is 12.6. The number of anilines is 2. The summed E-state index contributed by atoms with van der Waals surface area (Å²) in [5.74, 6) is -1.10. The summed E-state index contributed by atoms with van der Waals surface area (Å²) in [5.41, 5.74) is 1.07. The SMILES string of the molecule is COCC1(C(=O)O)CCN(C(=O)c2ccccc2Nc2ccccc2)C1. The van der Waals surface area contributed by atoms with Crippen molar-refractivity contribution in [2.75, 3.05) is 32.1 Å². The van der Waals surface area contributed by atoms with Crippen molar-refractivity contribution in [2.45, 2.75) is 6.42 Å². The third-order valence-corrected chi connectivity index (χ3v) is 4.73. The van der Waals surface area contributed by atoms with Gasteiger partial charge in [-0.1, -0.05) is 30.3 Å². The number of ether oxygens (including phenoxy) is 1. The summed E-state index contributed by atoms with van der Waals surface area (Å²) in [6, 6.07) is 16.9. The number of hydrogen-bond donors (Lipinski definition) is 2. The quantitative estimate of drug-likeness (QED) is 0.834. The summed E-state index contributed by atoms with van der Waals surface area (Å²) in [4.78, 5) is 26.3. The van der Waals surface area contributed by atoms with Gasteiger partial charge < -0.3 is 20.1 Å². The van der Waals surface area contributed by atoms with Crippen LogP contribution in [0.25, 0.3) is 0 Å². The number of benzene rings is 2. The number of para-hydroxylation sites is 2. The van der Waals surface area contributed by atoms with Crippen LogP contribution in [-0.4, -0.2) is 48.7 Å². The second kappa shape index (κ2) is 7.58. The number of rotatable bonds is 6. The lowest BCUT2D eigenvalue weighted by molar-refractivity contribution is -0.151. The molecule has 0 bridgehead atoms. The van der Waals surface area contributed by atoms with Crippen molar-refractivity contribution in [3.8, 4) is 0 Å². The Labute approximate surface area is 152 Å². The molecule has 136 valence electrons. The van der Waals surface area contributed by atoms with E-state index in [2.05, 4.69) is 5.32 Å². The van der Waals surface area contributed by atoms with Crippen LogP contribution in [0.1, 0.15) is 16.8 Å². The lowest BCUT2D eigenvalue weighted by Crippen LogP contribution is -2.40. The highest BCUT2D eigenvalue weighted by Gasteiger charge is 2.46. The molecule has 3 rings (SSSR count). The van der Waals surface area contributed by atoms with E-state index in [-0.39, 0.29) is 19.1 Å². The van der Waals surface area contributed by atoms with Gasteiger partial charge in [0.15, 0.2) is 0 Å². The zero-order valence-corrected chi connectivity index (χ0v) is 14.6. The van der Waals surface area contributed by atoms with Crippen LogP contribution in [0.5, 0.6) is 0 Å². The van der Waals surface area contributed by atoms with Gasteiger partial charge in [-0.25, -0.2) is 0 Å². The molecule has 1 unspecified atom stereocenters. The number of hydrogen-bond acceptors (Lipinski definition) is 4. The van der Waals surface area contributed by atoms with E-state index < -0.39 is 11.4 Å². The molecule has 0 radical (unpaired) electrons. The molecule has 2 aromatic carbocycles. The highest BCUT2D eigenvalue weighted by molar-refractivity contribution is 6.00. The van der Waals surface area contributed by atoms with Gasteiger partial charge in [-0.15, -0.1) is 0 Å². The molecule has 6 nitrogen and oxygen atoms in total. The molecular weight excluding hydrogens is 332 g/mol. The number of aliphatic carboxylic acids is 1. The van der Waals surface area contributed by atoms with E-state index in [9.17, 15) is 14.7 Å². The van der Waals surface area contributed by atoms with Crippen molar-refractivity contribution in [1.29, 1.82) is 0 Å². The molecule has 1 aliphatic rings. The fourth-order valence-electron chi connectivity index (χ4n) is 3.30. The first kappa shape index (κ1) is 17.9. The maximum Gasteiger partial charge on any atom is 0.313 e. The molecule has 1 amide bonds. The summed E-state index contributed by atoms with van der Waals surface area (Å²) in [6.45, 7) is 0.638. The van der Waals surface area contributed by atoms with E-state index in [0.717, 1.165) is 5.69 Å². The van der Waals surface area contributed by atoms with Crippen molar-refractivity contribution < 1.29 is 19.4 Å². The van der Waals surface area contributed by atoms with E-state index >= 15 is 0 Å². The lowest BCUT2D eigenvalue weighted by Gasteiger charge is -2.24. The number of carbonyl (C=O) groups excluding carboxylic acids is 1. The highest BCUT2D eigenvalue weighted by Crippen LogP contribution is 2.33. The standard InChI is InChI=1S/C20H22N2O4/c1-26-14-20(19(24)25)11-12-22(13-20)18(23)16-9-5-6-10-17(16)21-15-7-3-2-4-8-15/h2-10,21H,11-14H2,1H3,(H,24,25). The van der Waals surface area contributed by atoms with Crippen molar-refractivity contribution >= 4 is 23.3 Å². The van der Waals surface area contributed by atoms with Crippen molar-refractivity contribution in [3.05, 3.63) is 60.2 Å². The molecule has 0 spiro atoms. The number of amides is 1. The number of methoxy groups -OCH3 is 1. The zero-order valence-electron chi connectivity index (χ0n) is 14.6. The summed E-state index contributed by atoms with van der Waals surface area (Å²) < 4.78 is 5.10. The molecule has 0 aromatic heterocycles. The Bertz CT molecular complexity index is 793. The molecular formula is C20H22N2O4. The Morgan fingerprint density at radius 1 is 1.15 bits per heavy atom. The van der Waals surface area contributed by atoms with Crippen LogP contribution >= 0.6 is 0 Å². The Morgan fingerprint density at radius 2 is 1.85 bits per heavy atom. The van der Waals surface area contributed by atoms with E-state index in [4.69, 9.17) is 4.74 Å². The molecule has 0 aliphatic carbocycles. The van der Waals surface area contributed by atoms with E-state index in [0.29, 0.717) is 24.2 Å². The number of nitrogens with one attached hydrogen (secondary N) is 1. The molecule has 1 aliphatic heterocycles. The second-order valence-electron chi connectivity index (χ2n) is 6.53. The highest BCUT2D eigenvalue weighted by atomic mass is 16.5. The molecule has 1 fully saturated rings. The Hall–Kier alpha value is -2.86. The maximum absolute atomic E-state index is 13.0. The number of carboxylic acid groups (broad SMARTS) is 1. The fourth-order valence-corrected chi connectivity index (χ4v) is 3.30. The smallest absolute Gasteiger partial charge is 0.313 e. The Morgan fingerprint density at radius 3 is 2.54 bits per heavy atom. The summed E-state index contributed by atoms with van der Waals surface area (Å²) in [7, 11) is 1.48. The molecule has 1 saturated heterocycles. The Kier molecular flexibility index (Phi) is 5.23. The maximum atomic E-state index is 13.0. The topological polar surface area (TPSA) is 78.9 Å². The third-order valence-electron chi connectivity index (χ3n) is 4.73. The molecule has 1 heterocycles. The van der Waals surface area contributed by atoms with Gasteiger partial charge in [0, 0.05) is 25.9 Å². The summed E-state index contributed by atoms with van der Waals surface area (Å²) >= 11 is 0. The van der Waals surface area contributed by atoms with Crippen LogP contribution in [-0.2, 0) is 9.53 Å². The monoisotopic (exact) mass is 354 g/mol. The van der Waals surface area contributed by atoms with Crippen LogP contribution < -0.4 is 5.32 Å². The fraction of sp³-hybridized carbons (Fsp3) is 0.300. The predicted octanol–water partition coefficient (Wildman–Crippen LogP) is 2.99. The third kappa shape index (κ3) is 3.55. The molecule has 2 aromatic rings. The number of carbonyl (C=O) groups is 2. The van der Waals surface area contributed by atoms with Crippen LogP contribution in [0, 0.1) is 5.41 Å². The van der Waals surface area contributed by atoms with Gasteiger partial charge >= 0.3 is 5.97 Å². The van der Waals surface area contributed by atoms with Gasteiger partial charge in [0.2, 0.25) is 0 Å². The second-order valence-corrected chi connectivity index (χ2v) is 6.53. The minimum absolute atomic E-state index is 0.0933. The zero-order chi connectivity index (χ0) is 18.6. The first-order valence-electron chi connectivity index (χ1n) is 8.48. The average Bonchev–Trinajstić information content (AvgIpc) is 3.08. The predicted molar refractivity (Wildman–Crippen MR) is 98.6 cm³/mol. The minimum atomic E-state index is -1.04. The average molecular weight is 354 g/mol. The minimum Gasteiger partial charge on any atom is -0.481 e. The van der Waals surface area contributed by atoms with E-state index in [1.807, 2.05) is 42.5 Å². The molecule has 1 atom stereocenters. The molecule has 2 N–H and O–H groups in total. The van der Waals surface area contributed by atoms with Crippen LogP contribution in [0.15, 0.2) is 54.6 Å². The van der Waals surface area contributed by atoms with Crippen LogP contribution in [0.3, 0.4) is 0 Å². The normalized spacial score (nSPS) is 19.3. The van der Waals surface area contributed by atoms with Gasteiger partial charge in [-0.3, -0.25) is 9.59 Å². The molecule has 0 saturated carbocycles. The van der Waals surface area contributed by atoms with Crippen molar-refractivity contribution in [2.24, 2.45) is 5.41 Å². The summed E-state index contributed by atoms with van der Waals surface area (Å²) in [5, 5.41) is 12.8. The van der Waals surface area contributed by atoms with E-state index in [1.54, 1.807) is 17.0 Å². The largest absolute Gasteiger partial charge is 0.481 e. The number of carboxylic acids is 1. The summed E-state index contributed by atoms with van der Waals surface area (Å²) in [6.07, 6.45) is 0.385. The Balaban J connectivity index is 1.82. The van der Waals surface area contributed by atoms with Crippen molar-refractivity contribution in [3.63, 3.8) is 0 Å². The van der Waals surface area contributed by atoms with Crippen molar-refractivity contribution in [1.82, 2.24) is 4.90 Å². The van der Waals surface area contributed by atoms with Gasteiger partial charge in [0.25, 0.3) is 5.91 Å². The number of nitrogens with zero attached hydrogens (tertiary/aromatic N) is 1. The molecule has 6 heteroatoms. The van der Waals surface area contributed by atoms with Gasteiger partial charge in [-0.2, -0.15) is 0 Å². The number of likely N-dealkylation sites (tertiary alicyclic amines) is 1. The van der Waals surface area contributed by atoms with Gasteiger partial charge in [-0.05, 0) is 30.7 Å². The van der Waals surface area contributed by atoms with E-state index in [1.165, 1.54) is 7.11 Å². The lowest BCUT2D eigenvalue weighted by atomic mass is 9.88. The van der Waals surface area contributed by atoms with Crippen LogP contribution in [0.4, 0.5) is 11.4 Å². The van der Waals surface area contributed by atoms with Gasteiger partial charge in [0.05, 0.1) is 17.9 Å². The van der Waals surface area contributed by atoms with Crippen LogP contribution in [0.2, 0.25) is 0 Å².